The highest BCUT2D eigenvalue weighted by molar-refractivity contribution is 5.75. The summed E-state index contributed by atoms with van der Waals surface area (Å²) < 4.78 is 14.7. The van der Waals surface area contributed by atoms with E-state index in [2.05, 4.69) is 5.10 Å². The molecule has 0 spiro atoms. The minimum absolute atomic E-state index is 0.120. The zero-order valence-electron chi connectivity index (χ0n) is 11.6. The number of carbonyl (C=O) groups is 1. The summed E-state index contributed by atoms with van der Waals surface area (Å²) in [6.07, 6.45) is 1.42. The van der Waals surface area contributed by atoms with Gasteiger partial charge in [0.2, 0.25) is 0 Å². The molecule has 1 N–H and O–H groups in total. The molecule has 1 aromatic heterocycles. The van der Waals surface area contributed by atoms with E-state index >= 15 is 0 Å². The lowest BCUT2D eigenvalue weighted by Crippen LogP contribution is -2.03. The van der Waals surface area contributed by atoms with Crippen LogP contribution in [-0.4, -0.2) is 20.9 Å². The van der Waals surface area contributed by atoms with Crippen molar-refractivity contribution in [2.24, 2.45) is 0 Å². The van der Waals surface area contributed by atoms with Crippen LogP contribution in [0.3, 0.4) is 0 Å². The van der Waals surface area contributed by atoms with Crippen molar-refractivity contribution in [1.82, 2.24) is 9.78 Å². The largest absolute Gasteiger partial charge is 0.481 e. The third-order valence-electron chi connectivity index (χ3n) is 3.31. The summed E-state index contributed by atoms with van der Waals surface area (Å²) in [6, 6.07) is 15.3. The second-order valence-electron chi connectivity index (χ2n) is 4.84. The van der Waals surface area contributed by atoms with Crippen LogP contribution in [-0.2, 0) is 11.2 Å². The van der Waals surface area contributed by atoms with Crippen LogP contribution in [0.2, 0.25) is 0 Å². The number of carboxylic acid groups (broad SMARTS) is 1. The normalized spacial score (nSPS) is 10.6. The second-order valence-corrected chi connectivity index (χ2v) is 4.84. The van der Waals surface area contributed by atoms with Gasteiger partial charge < -0.3 is 5.11 Å². The van der Waals surface area contributed by atoms with Crippen molar-refractivity contribution in [2.75, 3.05) is 0 Å². The molecule has 22 heavy (non-hydrogen) atoms. The number of hydrogen-bond acceptors (Lipinski definition) is 2. The van der Waals surface area contributed by atoms with Gasteiger partial charge in [-0.15, -0.1) is 0 Å². The summed E-state index contributed by atoms with van der Waals surface area (Å²) in [5.41, 5.74) is 2.86. The average molecular weight is 296 g/mol. The molecule has 5 heteroatoms. The Labute approximate surface area is 126 Å². The zero-order chi connectivity index (χ0) is 15.5. The van der Waals surface area contributed by atoms with Gasteiger partial charge in [-0.25, -0.2) is 9.07 Å². The Balaban J connectivity index is 2.16. The lowest BCUT2D eigenvalue weighted by Gasteiger charge is -2.09. The van der Waals surface area contributed by atoms with Crippen LogP contribution < -0.4 is 0 Å². The first-order valence-electron chi connectivity index (χ1n) is 6.75. The average Bonchev–Trinajstić information content (AvgIpc) is 2.91. The highest BCUT2D eigenvalue weighted by atomic mass is 19.1. The fraction of sp³-hybridized carbons (Fsp3) is 0.0588. The number of aromatic nitrogens is 2. The fourth-order valence-electron chi connectivity index (χ4n) is 2.36. The number of halogens is 1. The molecule has 0 atom stereocenters. The molecule has 0 unspecified atom stereocenters. The molecule has 0 fully saturated rings. The maximum absolute atomic E-state index is 13.1. The maximum atomic E-state index is 13.1. The van der Waals surface area contributed by atoms with E-state index < -0.39 is 5.97 Å². The summed E-state index contributed by atoms with van der Waals surface area (Å²) in [5, 5.41) is 13.3. The highest BCUT2D eigenvalue weighted by Crippen LogP contribution is 2.27. The van der Waals surface area contributed by atoms with E-state index in [1.165, 1.54) is 12.1 Å². The van der Waals surface area contributed by atoms with Crippen LogP contribution >= 0.6 is 0 Å². The lowest BCUT2D eigenvalue weighted by molar-refractivity contribution is -0.136. The van der Waals surface area contributed by atoms with Crippen molar-refractivity contribution in [3.8, 4) is 16.9 Å². The van der Waals surface area contributed by atoms with Crippen molar-refractivity contribution in [1.29, 1.82) is 0 Å². The van der Waals surface area contributed by atoms with Crippen LogP contribution in [0.15, 0.2) is 60.8 Å². The summed E-state index contributed by atoms with van der Waals surface area (Å²) >= 11 is 0. The van der Waals surface area contributed by atoms with E-state index in [1.807, 2.05) is 30.3 Å². The minimum Gasteiger partial charge on any atom is -0.481 e. The molecular weight excluding hydrogens is 283 g/mol. The molecular formula is C17H13FN2O2. The predicted molar refractivity (Wildman–Crippen MR) is 80.3 cm³/mol. The molecule has 4 nitrogen and oxygen atoms in total. The molecule has 0 saturated heterocycles. The quantitative estimate of drug-likeness (QED) is 0.803. The summed E-state index contributed by atoms with van der Waals surface area (Å²) in [6.45, 7) is 0. The molecule has 0 bridgehead atoms. The van der Waals surface area contributed by atoms with Gasteiger partial charge in [0, 0.05) is 11.1 Å². The Bertz CT molecular complexity index is 795. The predicted octanol–water partition coefficient (Wildman–Crippen LogP) is 3.31. The second kappa shape index (κ2) is 5.81. The number of nitrogens with zero attached hydrogens (tertiary/aromatic N) is 2. The molecule has 1 heterocycles. The van der Waals surface area contributed by atoms with Gasteiger partial charge >= 0.3 is 5.97 Å². The molecule has 0 aliphatic heterocycles. The topological polar surface area (TPSA) is 55.1 Å². The molecule has 110 valence electrons. The van der Waals surface area contributed by atoms with E-state index in [1.54, 1.807) is 23.0 Å². The first-order chi connectivity index (χ1) is 10.6. The molecule has 0 saturated carbocycles. The van der Waals surface area contributed by atoms with Crippen LogP contribution in [0.25, 0.3) is 16.9 Å². The number of carboxylic acids is 1. The number of benzene rings is 2. The Morgan fingerprint density at radius 2 is 1.77 bits per heavy atom. The van der Waals surface area contributed by atoms with E-state index in [-0.39, 0.29) is 12.2 Å². The van der Waals surface area contributed by atoms with Gasteiger partial charge in [-0.2, -0.15) is 5.10 Å². The van der Waals surface area contributed by atoms with E-state index in [4.69, 9.17) is 5.11 Å². The van der Waals surface area contributed by atoms with Gasteiger partial charge in [0.15, 0.2) is 0 Å². The van der Waals surface area contributed by atoms with Crippen LogP contribution in [0.4, 0.5) is 4.39 Å². The van der Waals surface area contributed by atoms with Crippen molar-refractivity contribution in [2.45, 2.75) is 6.42 Å². The molecule has 0 amide bonds. The SMILES string of the molecule is O=C(O)Cc1cnn(-c2ccc(F)cc2)c1-c1ccccc1. The van der Waals surface area contributed by atoms with Crippen LogP contribution in [0.5, 0.6) is 0 Å². The van der Waals surface area contributed by atoms with E-state index in [0.717, 1.165) is 5.56 Å². The minimum atomic E-state index is -0.921. The van der Waals surface area contributed by atoms with Gasteiger partial charge in [-0.1, -0.05) is 30.3 Å². The van der Waals surface area contributed by atoms with Gasteiger partial charge in [0.1, 0.15) is 5.82 Å². The number of rotatable bonds is 4. The van der Waals surface area contributed by atoms with Crippen molar-refractivity contribution < 1.29 is 14.3 Å². The van der Waals surface area contributed by atoms with Crippen LogP contribution in [0, 0.1) is 5.82 Å². The summed E-state index contributed by atoms with van der Waals surface area (Å²) in [4.78, 5) is 11.1. The van der Waals surface area contributed by atoms with Gasteiger partial charge in [-0.3, -0.25) is 4.79 Å². The monoisotopic (exact) mass is 296 g/mol. The molecule has 2 aromatic carbocycles. The lowest BCUT2D eigenvalue weighted by atomic mass is 10.1. The number of aliphatic carboxylic acids is 1. The Morgan fingerprint density at radius 3 is 2.41 bits per heavy atom. The fourth-order valence-corrected chi connectivity index (χ4v) is 2.36. The van der Waals surface area contributed by atoms with Crippen molar-refractivity contribution >= 4 is 5.97 Å². The molecule has 0 aliphatic rings. The highest BCUT2D eigenvalue weighted by Gasteiger charge is 2.16. The molecule has 3 rings (SSSR count). The first kappa shape index (κ1) is 14.0. The third kappa shape index (κ3) is 2.74. The Kier molecular flexibility index (Phi) is 3.70. The summed E-state index contributed by atoms with van der Waals surface area (Å²) in [7, 11) is 0. The molecule has 3 aromatic rings. The smallest absolute Gasteiger partial charge is 0.307 e. The van der Waals surface area contributed by atoms with Gasteiger partial charge in [-0.05, 0) is 24.3 Å². The Morgan fingerprint density at radius 1 is 1.09 bits per heavy atom. The van der Waals surface area contributed by atoms with Crippen molar-refractivity contribution in [3.63, 3.8) is 0 Å². The van der Waals surface area contributed by atoms with Crippen molar-refractivity contribution in [3.05, 3.63) is 72.2 Å². The van der Waals surface area contributed by atoms with Gasteiger partial charge in [0.25, 0.3) is 0 Å². The third-order valence-corrected chi connectivity index (χ3v) is 3.31. The zero-order valence-corrected chi connectivity index (χ0v) is 11.6. The molecule has 0 aliphatic carbocycles. The summed E-state index contributed by atoms with van der Waals surface area (Å²) in [5.74, 6) is -1.25. The van der Waals surface area contributed by atoms with E-state index in [0.29, 0.717) is 16.9 Å². The maximum Gasteiger partial charge on any atom is 0.307 e. The van der Waals surface area contributed by atoms with Crippen LogP contribution in [0.1, 0.15) is 5.56 Å². The number of hydrogen-bond donors (Lipinski definition) is 1. The van der Waals surface area contributed by atoms with E-state index in [9.17, 15) is 9.18 Å². The first-order valence-corrected chi connectivity index (χ1v) is 6.75. The molecule has 0 radical (unpaired) electrons. The Hall–Kier alpha value is -2.95. The standard InChI is InChI=1S/C17H13FN2O2/c18-14-6-8-15(9-7-14)20-17(12-4-2-1-3-5-12)13(11-19-20)10-16(21)22/h1-9,11H,10H2,(H,21,22). The van der Waals surface area contributed by atoms with Gasteiger partial charge in [0.05, 0.1) is 24.0 Å².